The molecule has 0 spiro atoms. The summed E-state index contributed by atoms with van der Waals surface area (Å²) in [5.74, 6) is 2.26. The van der Waals surface area contributed by atoms with Gasteiger partial charge in [0.25, 0.3) is 0 Å². The molecule has 0 bridgehead atoms. The summed E-state index contributed by atoms with van der Waals surface area (Å²) in [5, 5.41) is 9.82. The molecule has 1 aliphatic rings. The molecule has 0 radical (unpaired) electrons. The van der Waals surface area contributed by atoms with Gasteiger partial charge in [0, 0.05) is 13.0 Å². The number of carbonyl (C=O) groups excluding carboxylic acids is 1. The summed E-state index contributed by atoms with van der Waals surface area (Å²) in [4.78, 5) is 12.1. The molecule has 1 aromatic heterocycles. The zero-order valence-corrected chi connectivity index (χ0v) is 14.3. The minimum Gasteiger partial charge on any atom is -0.454 e. The van der Waals surface area contributed by atoms with Gasteiger partial charge >= 0.3 is 0 Å². The minimum atomic E-state index is -0.0782. The number of H-pyrrole nitrogens is 1. The van der Waals surface area contributed by atoms with E-state index in [9.17, 15) is 4.79 Å². The number of carbonyl (C=O) groups is 1. The molecule has 0 fully saturated rings. The summed E-state index contributed by atoms with van der Waals surface area (Å²) in [6, 6.07) is 5.81. The normalized spacial score (nSPS) is 12.4. The van der Waals surface area contributed by atoms with Gasteiger partial charge in [0.2, 0.25) is 12.7 Å². The average Bonchev–Trinajstić information content (AvgIpc) is 3.16. The molecule has 0 aliphatic carbocycles. The third kappa shape index (κ3) is 3.76. The molecular weight excluding hydrogens is 328 g/mol. The van der Waals surface area contributed by atoms with Crippen LogP contribution in [0.5, 0.6) is 11.5 Å². The standard InChI is InChI=1S/C16H20N4O3S/c1-2-3-14-18-19-16(24)20(14)9-15(21)17-7-6-11-4-5-12-13(8-11)23-10-22-12/h4-5,8H,2-3,6-7,9-10H2,1H3,(H,17,21)(H,19,24). The molecule has 0 atom stereocenters. The maximum absolute atomic E-state index is 12.1. The highest BCUT2D eigenvalue weighted by Crippen LogP contribution is 2.32. The van der Waals surface area contributed by atoms with Crippen LogP contribution in [-0.4, -0.2) is 34.0 Å². The molecule has 3 rings (SSSR count). The van der Waals surface area contributed by atoms with Crippen molar-refractivity contribution < 1.29 is 14.3 Å². The maximum atomic E-state index is 12.1. The first kappa shape index (κ1) is 16.5. The monoisotopic (exact) mass is 348 g/mol. The molecule has 1 amide bonds. The molecule has 24 heavy (non-hydrogen) atoms. The number of aromatic amines is 1. The van der Waals surface area contributed by atoms with Crippen molar-refractivity contribution in [3.05, 3.63) is 34.4 Å². The number of amides is 1. The number of ether oxygens (including phenoxy) is 2. The third-order valence-corrected chi connectivity index (χ3v) is 4.10. The Bertz CT molecular complexity index is 784. The average molecular weight is 348 g/mol. The maximum Gasteiger partial charge on any atom is 0.240 e. The van der Waals surface area contributed by atoms with Crippen molar-refractivity contribution in [2.75, 3.05) is 13.3 Å². The first-order valence-corrected chi connectivity index (χ1v) is 8.37. The molecule has 2 N–H and O–H groups in total. The van der Waals surface area contributed by atoms with E-state index in [0.29, 0.717) is 11.3 Å². The predicted octanol–water partition coefficient (Wildman–Crippen LogP) is 1.98. The Morgan fingerprint density at radius 2 is 2.21 bits per heavy atom. The molecule has 1 aromatic carbocycles. The van der Waals surface area contributed by atoms with Crippen LogP contribution < -0.4 is 14.8 Å². The van der Waals surface area contributed by atoms with Gasteiger partial charge in [-0.15, -0.1) is 0 Å². The SMILES string of the molecule is CCCc1n[nH]c(=S)n1CC(=O)NCCc1ccc2c(c1)OCO2. The Labute approximate surface area is 145 Å². The van der Waals surface area contributed by atoms with Gasteiger partial charge in [-0.1, -0.05) is 13.0 Å². The smallest absolute Gasteiger partial charge is 0.240 e. The predicted molar refractivity (Wildman–Crippen MR) is 90.7 cm³/mol. The van der Waals surface area contributed by atoms with E-state index in [1.54, 1.807) is 4.57 Å². The highest BCUT2D eigenvalue weighted by Gasteiger charge is 2.13. The van der Waals surface area contributed by atoms with Gasteiger partial charge in [0.05, 0.1) is 0 Å². The van der Waals surface area contributed by atoms with Gasteiger partial charge in [-0.2, -0.15) is 5.10 Å². The van der Waals surface area contributed by atoms with Crippen molar-refractivity contribution in [3.8, 4) is 11.5 Å². The fraction of sp³-hybridized carbons (Fsp3) is 0.438. The van der Waals surface area contributed by atoms with E-state index < -0.39 is 0 Å². The van der Waals surface area contributed by atoms with Gasteiger partial charge in [-0.25, -0.2) is 0 Å². The number of hydrogen-bond acceptors (Lipinski definition) is 5. The van der Waals surface area contributed by atoms with Crippen LogP contribution in [0.25, 0.3) is 0 Å². The lowest BCUT2D eigenvalue weighted by molar-refractivity contribution is -0.121. The highest BCUT2D eigenvalue weighted by molar-refractivity contribution is 7.71. The van der Waals surface area contributed by atoms with Crippen molar-refractivity contribution in [2.24, 2.45) is 0 Å². The molecule has 2 aromatic rings. The Morgan fingerprint density at radius 1 is 1.38 bits per heavy atom. The first-order valence-electron chi connectivity index (χ1n) is 7.96. The summed E-state index contributed by atoms with van der Waals surface area (Å²) in [6.45, 7) is 3.06. The second-order valence-corrected chi connectivity index (χ2v) is 5.96. The van der Waals surface area contributed by atoms with Crippen LogP contribution in [0.1, 0.15) is 24.7 Å². The van der Waals surface area contributed by atoms with Crippen LogP contribution in [0.2, 0.25) is 0 Å². The molecule has 128 valence electrons. The molecular formula is C16H20N4O3S. The summed E-state index contributed by atoms with van der Waals surface area (Å²) >= 11 is 5.18. The summed E-state index contributed by atoms with van der Waals surface area (Å²) in [6.07, 6.45) is 2.46. The number of aryl methyl sites for hydroxylation is 1. The molecule has 0 saturated carbocycles. The van der Waals surface area contributed by atoms with E-state index in [1.807, 2.05) is 18.2 Å². The first-order chi connectivity index (χ1) is 11.7. The largest absolute Gasteiger partial charge is 0.454 e. The lowest BCUT2D eigenvalue weighted by Gasteiger charge is -2.08. The second kappa shape index (κ2) is 7.48. The third-order valence-electron chi connectivity index (χ3n) is 3.79. The summed E-state index contributed by atoms with van der Waals surface area (Å²) in [5.41, 5.74) is 1.09. The van der Waals surface area contributed by atoms with Crippen LogP contribution in [0.3, 0.4) is 0 Å². The van der Waals surface area contributed by atoms with Crippen molar-refractivity contribution in [1.29, 1.82) is 0 Å². The van der Waals surface area contributed by atoms with Crippen LogP contribution >= 0.6 is 12.2 Å². The lowest BCUT2D eigenvalue weighted by atomic mass is 10.1. The van der Waals surface area contributed by atoms with E-state index in [0.717, 1.165) is 42.1 Å². The van der Waals surface area contributed by atoms with Gasteiger partial charge in [0.1, 0.15) is 12.4 Å². The van der Waals surface area contributed by atoms with Crippen LogP contribution in [0.4, 0.5) is 0 Å². The molecule has 8 heteroatoms. The number of nitrogens with one attached hydrogen (secondary N) is 2. The Hall–Kier alpha value is -2.35. The van der Waals surface area contributed by atoms with Crippen LogP contribution in [0, 0.1) is 4.77 Å². The minimum absolute atomic E-state index is 0.0782. The fourth-order valence-electron chi connectivity index (χ4n) is 2.57. The van der Waals surface area contributed by atoms with E-state index in [1.165, 1.54) is 0 Å². The van der Waals surface area contributed by atoms with Crippen molar-refractivity contribution in [3.63, 3.8) is 0 Å². The lowest BCUT2D eigenvalue weighted by Crippen LogP contribution is -2.30. The van der Waals surface area contributed by atoms with Gasteiger partial charge in [-0.3, -0.25) is 14.5 Å². The van der Waals surface area contributed by atoms with Crippen molar-refractivity contribution >= 4 is 18.1 Å². The molecule has 2 heterocycles. The van der Waals surface area contributed by atoms with Crippen LogP contribution in [0.15, 0.2) is 18.2 Å². The van der Waals surface area contributed by atoms with Gasteiger partial charge in [-0.05, 0) is 42.8 Å². The molecule has 0 saturated heterocycles. The van der Waals surface area contributed by atoms with E-state index in [-0.39, 0.29) is 19.2 Å². The number of hydrogen-bond donors (Lipinski definition) is 2. The molecule has 0 unspecified atom stereocenters. The number of nitrogens with zero attached hydrogens (tertiary/aromatic N) is 2. The van der Waals surface area contributed by atoms with E-state index in [2.05, 4.69) is 22.4 Å². The highest BCUT2D eigenvalue weighted by atomic mass is 32.1. The number of rotatable bonds is 7. The molecule has 7 nitrogen and oxygen atoms in total. The zero-order chi connectivity index (χ0) is 16.9. The number of aromatic nitrogens is 3. The van der Waals surface area contributed by atoms with Crippen LogP contribution in [-0.2, 0) is 24.2 Å². The Kier molecular flexibility index (Phi) is 5.14. The van der Waals surface area contributed by atoms with Crippen molar-refractivity contribution in [2.45, 2.75) is 32.7 Å². The fourth-order valence-corrected chi connectivity index (χ4v) is 2.79. The van der Waals surface area contributed by atoms with Gasteiger partial charge in [0.15, 0.2) is 16.3 Å². The summed E-state index contributed by atoms with van der Waals surface area (Å²) in [7, 11) is 0. The second-order valence-electron chi connectivity index (χ2n) is 5.57. The number of benzene rings is 1. The molecule has 1 aliphatic heterocycles. The topological polar surface area (TPSA) is 81.2 Å². The van der Waals surface area contributed by atoms with Gasteiger partial charge < -0.3 is 14.8 Å². The van der Waals surface area contributed by atoms with E-state index in [4.69, 9.17) is 21.7 Å². The Balaban J connectivity index is 1.51. The quantitative estimate of drug-likeness (QED) is 0.748. The summed E-state index contributed by atoms with van der Waals surface area (Å²) < 4.78 is 12.9. The number of fused-ring (bicyclic) bond motifs is 1. The Morgan fingerprint density at radius 3 is 3.04 bits per heavy atom. The van der Waals surface area contributed by atoms with Crippen molar-refractivity contribution in [1.82, 2.24) is 20.1 Å². The zero-order valence-electron chi connectivity index (χ0n) is 13.5. The van der Waals surface area contributed by atoms with E-state index >= 15 is 0 Å².